The molecule has 17 heavy (non-hydrogen) atoms. The van der Waals surface area contributed by atoms with Gasteiger partial charge in [0.25, 0.3) is 0 Å². The van der Waals surface area contributed by atoms with Gasteiger partial charge in [-0.05, 0) is 18.6 Å². The van der Waals surface area contributed by atoms with E-state index in [-0.39, 0.29) is 5.57 Å². The van der Waals surface area contributed by atoms with Crippen molar-refractivity contribution in [3.05, 3.63) is 29.5 Å². The number of aromatic nitrogens is 3. The number of hydrogen-bond donors (Lipinski definition) is 2. The molecule has 1 aromatic heterocycles. The van der Waals surface area contributed by atoms with Gasteiger partial charge in [-0.25, -0.2) is 0 Å². The van der Waals surface area contributed by atoms with E-state index in [9.17, 15) is 0 Å². The Labute approximate surface area is 97.2 Å². The molecular formula is C11H8N6. The van der Waals surface area contributed by atoms with Crippen LogP contribution in [0.15, 0.2) is 23.9 Å². The highest BCUT2D eigenvalue weighted by molar-refractivity contribution is 5.89. The van der Waals surface area contributed by atoms with Crippen LogP contribution in [0.5, 0.6) is 0 Å². The fourth-order valence-electron chi connectivity index (χ4n) is 1.43. The Bertz CT molecular complexity index is 651. The third kappa shape index (κ3) is 1.92. The highest BCUT2D eigenvalue weighted by Gasteiger charge is 2.07. The van der Waals surface area contributed by atoms with Crippen LogP contribution in [0.2, 0.25) is 0 Å². The van der Waals surface area contributed by atoms with E-state index in [0.717, 1.165) is 16.8 Å². The number of H-pyrrole nitrogens is 1. The number of aromatic amines is 1. The Morgan fingerprint density at radius 2 is 2.12 bits per heavy atom. The molecule has 0 bridgehead atoms. The van der Waals surface area contributed by atoms with Crippen LogP contribution in [0.1, 0.15) is 5.56 Å². The van der Waals surface area contributed by atoms with Crippen molar-refractivity contribution >= 4 is 16.7 Å². The summed E-state index contributed by atoms with van der Waals surface area (Å²) in [5.41, 5.74) is 3.10. The second kappa shape index (κ2) is 4.33. The first kappa shape index (κ1) is 10.7. The predicted octanol–water partition coefficient (Wildman–Crippen LogP) is 1.61. The molecule has 0 radical (unpaired) electrons. The van der Waals surface area contributed by atoms with Crippen LogP contribution in [-0.2, 0) is 0 Å². The van der Waals surface area contributed by atoms with Crippen molar-refractivity contribution in [1.82, 2.24) is 15.4 Å². The highest BCUT2D eigenvalue weighted by atomic mass is 15.3. The van der Waals surface area contributed by atoms with Crippen molar-refractivity contribution in [2.45, 2.75) is 6.92 Å². The van der Waals surface area contributed by atoms with Gasteiger partial charge in [0.1, 0.15) is 28.7 Å². The van der Waals surface area contributed by atoms with Crippen LogP contribution in [0, 0.1) is 29.6 Å². The van der Waals surface area contributed by atoms with Crippen LogP contribution in [0.3, 0.4) is 0 Å². The molecule has 2 aromatic rings. The average molecular weight is 224 g/mol. The lowest BCUT2D eigenvalue weighted by Gasteiger charge is -2.04. The van der Waals surface area contributed by atoms with Gasteiger partial charge in [0, 0.05) is 6.20 Å². The monoisotopic (exact) mass is 224 g/mol. The zero-order chi connectivity index (χ0) is 12.3. The summed E-state index contributed by atoms with van der Waals surface area (Å²) in [4.78, 5) is 0. The summed E-state index contributed by atoms with van der Waals surface area (Å²) in [7, 11) is 0. The number of nitriles is 2. The third-order valence-electron chi connectivity index (χ3n) is 2.30. The zero-order valence-corrected chi connectivity index (χ0v) is 9.02. The predicted molar refractivity (Wildman–Crippen MR) is 61.6 cm³/mol. The van der Waals surface area contributed by atoms with Crippen molar-refractivity contribution in [1.29, 1.82) is 10.5 Å². The molecule has 2 rings (SSSR count). The van der Waals surface area contributed by atoms with E-state index in [1.807, 2.05) is 19.1 Å². The summed E-state index contributed by atoms with van der Waals surface area (Å²) in [5.74, 6) is 0. The van der Waals surface area contributed by atoms with E-state index < -0.39 is 0 Å². The third-order valence-corrected chi connectivity index (χ3v) is 2.30. The molecule has 0 amide bonds. The quantitative estimate of drug-likeness (QED) is 0.754. The van der Waals surface area contributed by atoms with E-state index in [2.05, 4.69) is 20.7 Å². The Morgan fingerprint density at radius 1 is 1.35 bits per heavy atom. The maximum absolute atomic E-state index is 8.63. The van der Waals surface area contributed by atoms with E-state index in [1.54, 1.807) is 12.1 Å². The molecule has 2 N–H and O–H groups in total. The first-order valence-corrected chi connectivity index (χ1v) is 4.83. The number of fused-ring (bicyclic) bond motifs is 1. The Hall–Kier alpha value is -2.86. The number of nitrogens with one attached hydrogen (secondary N) is 2. The van der Waals surface area contributed by atoms with Gasteiger partial charge in [0.2, 0.25) is 0 Å². The minimum absolute atomic E-state index is 0.00454. The fraction of sp³-hybridized carbons (Fsp3) is 0.0909. The van der Waals surface area contributed by atoms with Crippen molar-refractivity contribution in [3.63, 3.8) is 0 Å². The Kier molecular flexibility index (Phi) is 2.71. The molecule has 0 fully saturated rings. The molecule has 0 saturated carbocycles. The van der Waals surface area contributed by atoms with E-state index in [4.69, 9.17) is 10.5 Å². The van der Waals surface area contributed by atoms with Gasteiger partial charge in [-0.15, -0.1) is 0 Å². The molecule has 1 heterocycles. The van der Waals surface area contributed by atoms with Crippen molar-refractivity contribution in [2.24, 2.45) is 0 Å². The first-order chi connectivity index (χ1) is 8.26. The molecule has 6 nitrogen and oxygen atoms in total. The second-order valence-corrected chi connectivity index (χ2v) is 3.37. The molecule has 0 atom stereocenters. The van der Waals surface area contributed by atoms with Gasteiger partial charge in [-0.2, -0.15) is 25.9 Å². The molecule has 0 aliphatic heterocycles. The lowest BCUT2D eigenvalue weighted by molar-refractivity contribution is 0.959. The molecule has 0 unspecified atom stereocenters. The summed E-state index contributed by atoms with van der Waals surface area (Å²) in [6.45, 7) is 1.91. The number of rotatable bonds is 2. The zero-order valence-electron chi connectivity index (χ0n) is 9.02. The minimum Gasteiger partial charge on any atom is -0.358 e. The Morgan fingerprint density at radius 3 is 2.82 bits per heavy atom. The average Bonchev–Trinajstić information content (AvgIpc) is 2.81. The largest absolute Gasteiger partial charge is 0.358 e. The fourth-order valence-corrected chi connectivity index (χ4v) is 1.43. The van der Waals surface area contributed by atoms with E-state index in [1.165, 1.54) is 6.20 Å². The van der Waals surface area contributed by atoms with Crippen molar-refractivity contribution in [2.75, 3.05) is 5.32 Å². The van der Waals surface area contributed by atoms with Gasteiger partial charge >= 0.3 is 0 Å². The SMILES string of the molecule is Cc1ccc2n[nH]nc2c1NC=C(C#N)C#N. The smallest absolute Gasteiger partial charge is 0.145 e. The lowest BCUT2D eigenvalue weighted by Crippen LogP contribution is -1.94. The highest BCUT2D eigenvalue weighted by Crippen LogP contribution is 2.23. The van der Waals surface area contributed by atoms with Crippen molar-refractivity contribution in [3.8, 4) is 12.1 Å². The molecule has 0 saturated heterocycles. The molecule has 82 valence electrons. The number of allylic oxidation sites excluding steroid dienone is 1. The molecule has 6 heteroatoms. The van der Waals surface area contributed by atoms with Crippen LogP contribution in [-0.4, -0.2) is 15.4 Å². The summed E-state index contributed by atoms with van der Waals surface area (Å²) in [6, 6.07) is 7.29. The molecular weight excluding hydrogens is 216 g/mol. The summed E-state index contributed by atoms with van der Waals surface area (Å²) in [5, 5.41) is 30.7. The van der Waals surface area contributed by atoms with E-state index in [0.29, 0.717) is 5.52 Å². The Balaban J connectivity index is 2.46. The number of aryl methyl sites for hydroxylation is 1. The van der Waals surface area contributed by atoms with Crippen LogP contribution in [0.4, 0.5) is 5.69 Å². The second-order valence-electron chi connectivity index (χ2n) is 3.37. The van der Waals surface area contributed by atoms with Gasteiger partial charge in [0.15, 0.2) is 0 Å². The normalized spacial score (nSPS) is 9.35. The summed E-state index contributed by atoms with van der Waals surface area (Å²) in [6.07, 6.45) is 1.36. The van der Waals surface area contributed by atoms with Gasteiger partial charge in [0.05, 0.1) is 5.69 Å². The summed E-state index contributed by atoms with van der Waals surface area (Å²) < 4.78 is 0. The van der Waals surface area contributed by atoms with Crippen LogP contribution in [0.25, 0.3) is 11.0 Å². The number of hydrogen-bond acceptors (Lipinski definition) is 5. The van der Waals surface area contributed by atoms with Gasteiger partial charge < -0.3 is 5.32 Å². The van der Waals surface area contributed by atoms with Gasteiger partial charge in [-0.1, -0.05) is 6.07 Å². The lowest BCUT2D eigenvalue weighted by atomic mass is 10.1. The maximum atomic E-state index is 8.63. The van der Waals surface area contributed by atoms with E-state index >= 15 is 0 Å². The number of anilines is 1. The minimum atomic E-state index is 0.00454. The standard InChI is InChI=1S/C11H8N6/c1-7-2-3-9-11(16-17-15-9)10(7)14-6-8(4-12)5-13/h2-3,6,14H,1H3,(H,15,16,17). The first-order valence-electron chi connectivity index (χ1n) is 4.83. The van der Waals surface area contributed by atoms with Crippen LogP contribution < -0.4 is 5.32 Å². The maximum Gasteiger partial charge on any atom is 0.145 e. The molecule has 0 aliphatic rings. The number of nitrogens with zero attached hydrogens (tertiary/aromatic N) is 4. The molecule has 0 spiro atoms. The van der Waals surface area contributed by atoms with Crippen LogP contribution >= 0.6 is 0 Å². The summed E-state index contributed by atoms with van der Waals surface area (Å²) >= 11 is 0. The molecule has 1 aromatic carbocycles. The molecule has 0 aliphatic carbocycles. The van der Waals surface area contributed by atoms with Crippen molar-refractivity contribution < 1.29 is 0 Å². The van der Waals surface area contributed by atoms with Gasteiger partial charge in [-0.3, -0.25) is 0 Å². The number of benzene rings is 1. The topological polar surface area (TPSA) is 101 Å².